The van der Waals surface area contributed by atoms with E-state index in [1.165, 1.54) is 0 Å². The van der Waals surface area contributed by atoms with Crippen molar-refractivity contribution in [2.75, 3.05) is 13.1 Å². The molecule has 1 saturated heterocycles. The Labute approximate surface area is 136 Å². The molecule has 120 valence electrons. The van der Waals surface area contributed by atoms with Gasteiger partial charge in [-0.1, -0.05) is 37.3 Å². The molecule has 1 atom stereocenters. The van der Waals surface area contributed by atoms with E-state index in [-0.39, 0.29) is 11.8 Å². The van der Waals surface area contributed by atoms with Gasteiger partial charge >= 0.3 is 0 Å². The second-order valence-electron chi connectivity index (χ2n) is 5.65. The normalized spacial score (nSPS) is 19.0. The monoisotopic (exact) mass is 319 g/mol. The van der Waals surface area contributed by atoms with Gasteiger partial charge in [-0.15, -0.1) is 11.8 Å². The van der Waals surface area contributed by atoms with Crippen LogP contribution in [0.4, 0.5) is 0 Å². The van der Waals surface area contributed by atoms with E-state index in [0.717, 1.165) is 43.6 Å². The van der Waals surface area contributed by atoms with Gasteiger partial charge in [0, 0.05) is 11.6 Å². The minimum Gasteiger partial charge on any atom is -0.398 e. The molecule has 2 rings (SSSR count). The molecule has 0 bridgehead atoms. The van der Waals surface area contributed by atoms with Gasteiger partial charge in [0.25, 0.3) is 0 Å². The molecular formula is C17H25N3OS. The number of carbonyl (C=O) groups excluding carboxylic acids is 1. The molecule has 0 spiro atoms. The Kier molecular flexibility index (Phi) is 6.34. The predicted octanol–water partition coefficient (Wildman–Crippen LogP) is 2.61. The second-order valence-corrected chi connectivity index (χ2v) is 6.70. The molecule has 0 aliphatic carbocycles. The van der Waals surface area contributed by atoms with Crippen molar-refractivity contribution in [3.05, 3.63) is 41.3 Å². The van der Waals surface area contributed by atoms with E-state index in [2.05, 4.69) is 11.8 Å². The van der Waals surface area contributed by atoms with Crippen molar-refractivity contribution in [2.24, 2.45) is 17.4 Å². The number of rotatable bonds is 6. The maximum absolute atomic E-state index is 11.2. The highest BCUT2D eigenvalue weighted by Crippen LogP contribution is 2.27. The first-order valence-electron chi connectivity index (χ1n) is 7.81. The van der Waals surface area contributed by atoms with Crippen molar-refractivity contribution >= 4 is 23.4 Å². The van der Waals surface area contributed by atoms with E-state index in [0.29, 0.717) is 5.37 Å². The minimum absolute atomic E-state index is 0.0451. The van der Waals surface area contributed by atoms with E-state index in [4.69, 9.17) is 11.5 Å². The SMILES string of the molecule is CCC(S/C=C(\N)c1ccccc1)N1CCC(C(N)=O)CC1. The van der Waals surface area contributed by atoms with Crippen LogP contribution in [-0.2, 0) is 4.79 Å². The van der Waals surface area contributed by atoms with E-state index >= 15 is 0 Å². The van der Waals surface area contributed by atoms with Crippen LogP contribution in [0.2, 0.25) is 0 Å². The van der Waals surface area contributed by atoms with Crippen molar-refractivity contribution in [1.29, 1.82) is 0 Å². The number of nitrogens with zero attached hydrogens (tertiary/aromatic N) is 1. The molecule has 22 heavy (non-hydrogen) atoms. The molecule has 5 heteroatoms. The average Bonchev–Trinajstić information content (AvgIpc) is 2.56. The Morgan fingerprint density at radius 3 is 2.50 bits per heavy atom. The maximum atomic E-state index is 11.2. The van der Waals surface area contributed by atoms with E-state index in [1.807, 2.05) is 35.7 Å². The van der Waals surface area contributed by atoms with Crippen LogP contribution >= 0.6 is 11.8 Å². The number of nitrogens with two attached hydrogens (primary N) is 2. The number of amides is 1. The Bertz CT molecular complexity index is 510. The zero-order valence-electron chi connectivity index (χ0n) is 13.1. The van der Waals surface area contributed by atoms with Crippen molar-refractivity contribution in [2.45, 2.75) is 31.6 Å². The van der Waals surface area contributed by atoms with E-state index < -0.39 is 0 Å². The number of hydrogen-bond acceptors (Lipinski definition) is 4. The van der Waals surface area contributed by atoms with Gasteiger partial charge < -0.3 is 11.5 Å². The summed E-state index contributed by atoms with van der Waals surface area (Å²) in [6, 6.07) is 10.0. The predicted molar refractivity (Wildman–Crippen MR) is 93.8 cm³/mol. The van der Waals surface area contributed by atoms with Crippen LogP contribution in [0.15, 0.2) is 35.7 Å². The van der Waals surface area contributed by atoms with Crippen LogP contribution in [0, 0.1) is 5.92 Å². The van der Waals surface area contributed by atoms with Crippen molar-refractivity contribution in [3.8, 4) is 0 Å². The minimum atomic E-state index is -0.159. The van der Waals surface area contributed by atoms with Crippen LogP contribution in [-0.4, -0.2) is 29.3 Å². The molecule has 1 heterocycles. The summed E-state index contributed by atoms with van der Waals surface area (Å²) in [5.74, 6) is -0.114. The van der Waals surface area contributed by atoms with Crippen molar-refractivity contribution in [3.63, 3.8) is 0 Å². The van der Waals surface area contributed by atoms with Gasteiger partial charge in [-0.3, -0.25) is 9.69 Å². The molecule has 1 aliphatic heterocycles. The number of carbonyl (C=O) groups is 1. The molecular weight excluding hydrogens is 294 g/mol. The third kappa shape index (κ3) is 4.52. The fourth-order valence-corrected chi connectivity index (χ4v) is 3.78. The van der Waals surface area contributed by atoms with Gasteiger partial charge in [0.05, 0.1) is 5.37 Å². The van der Waals surface area contributed by atoms with Gasteiger partial charge in [-0.2, -0.15) is 0 Å². The Balaban J connectivity index is 1.91. The smallest absolute Gasteiger partial charge is 0.220 e. The van der Waals surface area contributed by atoms with E-state index in [9.17, 15) is 4.79 Å². The largest absolute Gasteiger partial charge is 0.398 e. The lowest BCUT2D eigenvalue weighted by molar-refractivity contribution is -0.123. The molecule has 1 aromatic rings. The molecule has 1 unspecified atom stereocenters. The molecule has 0 saturated carbocycles. The van der Waals surface area contributed by atoms with Crippen LogP contribution in [0.3, 0.4) is 0 Å². The molecule has 4 N–H and O–H groups in total. The summed E-state index contributed by atoms with van der Waals surface area (Å²) in [6.45, 7) is 4.04. The Hall–Kier alpha value is -1.46. The van der Waals surface area contributed by atoms with Crippen LogP contribution in [0.5, 0.6) is 0 Å². The standard InChI is InChI=1S/C17H25N3OS/c1-2-16(20-10-8-14(9-11-20)17(19)21)22-12-15(18)13-6-4-3-5-7-13/h3-7,12,14,16H,2,8-11,18H2,1H3,(H2,19,21)/b15-12-. The van der Waals surface area contributed by atoms with Crippen molar-refractivity contribution in [1.82, 2.24) is 4.90 Å². The molecule has 4 nitrogen and oxygen atoms in total. The molecule has 1 aromatic carbocycles. The first kappa shape index (κ1) is 16.9. The number of hydrogen-bond donors (Lipinski definition) is 2. The Morgan fingerprint density at radius 2 is 1.95 bits per heavy atom. The average molecular weight is 319 g/mol. The first-order chi connectivity index (χ1) is 10.6. The summed E-state index contributed by atoms with van der Waals surface area (Å²) >= 11 is 1.76. The summed E-state index contributed by atoms with van der Waals surface area (Å²) in [4.78, 5) is 13.7. The molecule has 0 radical (unpaired) electrons. The molecule has 1 aliphatic rings. The fraction of sp³-hybridized carbons (Fsp3) is 0.471. The number of thioether (sulfide) groups is 1. The summed E-state index contributed by atoms with van der Waals surface area (Å²) in [7, 11) is 0. The lowest BCUT2D eigenvalue weighted by Gasteiger charge is -2.35. The number of primary amides is 1. The summed E-state index contributed by atoms with van der Waals surface area (Å²) in [6.07, 6.45) is 2.78. The first-order valence-corrected chi connectivity index (χ1v) is 8.76. The third-order valence-corrected chi connectivity index (χ3v) is 5.48. The van der Waals surface area contributed by atoms with Crippen LogP contribution in [0.25, 0.3) is 5.70 Å². The van der Waals surface area contributed by atoms with Gasteiger partial charge in [0.15, 0.2) is 0 Å². The van der Waals surface area contributed by atoms with Gasteiger partial charge in [-0.05, 0) is 43.3 Å². The summed E-state index contributed by atoms with van der Waals surface area (Å²) in [5.41, 5.74) is 13.4. The lowest BCUT2D eigenvalue weighted by atomic mass is 9.96. The molecule has 1 amide bonds. The van der Waals surface area contributed by atoms with Crippen LogP contribution < -0.4 is 11.5 Å². The maximum Gasteiger partial charge on any atom is 0.220 e. The Morgan fingerprint density at radius 1 is 1.32 bits per heavy atom. The quantitative estimate of drug-likeness (QED) is 0.845. The summed E-state index contributed by atoms with van der Waals surface area (Å²) in [5, 5.41) is 2.44. The number of piperidine rings is 1. The second kappa shape index (κ2) is 8.25. The zero-order chi connectivity index (χ0) is 15.9. The molecule has 0 aromatic heterocycles. The van der Waals surface area contributed by atoms with Crippen LogP contribution in [0.1, 0.15) is 31.7 Å². The highest BCUT2D eigenvalue weighted by atomic mass is 32.2. The third-order valence-electron chi connectivity index (χ3n) is 4.15. The van der Waals surface area contributed by atoms with Crippen molar-refractivity contribution < 1.29 is 4.79 Å². The van der Waals surface area contributed by atoms with Gasteiger partial charge in [-0.25, -0.2) is 0 Å². The highest BCUT2D eigenvalue weighted by Gasteiger charge is 2.26. The topological polar surface area (TPSA) is 72.3 Å². The number of benzene rings is 1. The molecule has 1 fully saturated rings. The van der Waals surface area contributed by atoms with E-state index in [1.54, 1.807) is 11.8 Å². The number of likely N-dealkylation sites (tertiary alicyclic amines) is 1. The van der Waals surface area contributed by atoms with Gasteiger partial charge in [0.2, 0.25) is 5.91 Å². The summed E-state index contributed by atoms with van der Waals surface area (Å²) < 4.78 is 0. The highest BCUT2D eigenvalue weighted by molar-refractivity contribution is 8.02. The zero-order valence-corrected chi connectivity index (χ0v) is 13.9. The van der Waals surface area contributed by atoms with Gasteiger partial charge in [0.1, 0.15) is 0 Å². The lowest BCUT2D eigenvalue weighted by Crippen LogP contribution is -2.42. The fourth-order valence-electron chi connectivity index (χ4n) is 2.76.